The summed E-state index contributed by atoms with van der Waals surface area (Å²) in [5, 5.41) is 7.96. The number of aliphatic hydroxyl groups excluding tert-OH is 1. The van der Waals surface area contributed by atoms with E-state index in [1.54, 1.807) is 0 Å². The van der Waals surface area contributed by atoms with Gasteiger partial charge in [-0.1, -0.05) is 0 Å². The van der Waals surface area contributed by atoms with Crippen molar-refractivity contribution >= 4 is 18.2 Å². The van der Waals surface area contributed by atoms with Gasteiger partial charge in [-0.3, -0.25) is 13.6 Å². The largest absolute Gasteiger partial charge is 0.469 e. The summed E-state index contributed by atoms with van der Waals surface area (Å²) in [4.78, 5) is 15.9. The van der Waals surface area contributed by atoms with Gasteiger partial charge in [0.25, 0.3) is 0 Å². The van der Waals surface area contributed by atoms with Crippen molar-refractivity contribution in [1.29, 1.82) is 0 Å². The van der Waals surface area contributed by atoms with Crippen LogP contribution in [0.2, 0.25) is 0 Å². The molecule has 0 bridgehead atoms. The second-order valence-electron chi connectivity index (χ2n) is 1.50. The van der Waals surface area contributed by atoms with Crippen molar-refractivity contribution in [2.45, 2.75) is 0 Å². The van der Waals surface area contributed by atoms with E-state index in [1.807, 2.05) is 0 Å². The lowest BCUT2D eigenvalue weighted by Crippen LogP contribution is -1.95. The van der Waals surface area contributed by atoms with E-state index in [-0.39, 0.29) is 13.2 Å². The molecule has 0 heterocycles. The summed E-state index contributed by atoms with van der Waals surface area (Å²) in [6, 6.07) is 0. The van der Waals surface area contributed by atoms with Crippen molar-refractivity contribution in [2.75, 3.05) is 13.2 Å². The van der Waals surface area contributed by atoms with E-state index in [1.165, 1.54) is 0 Å². The average Bonchev–Trinajstić information content (AvgIpc) is 1.77. The van der Waals surface area contributed by atoms with Gasteiger partial charge in [-0.2, -0.15) is 8.42 Å². The number of hydrogen-bond donors (Lipinski definition) is 5. The predicted molar refractivity (Wildman–Crippen MR) is 39.3 cm³/mol. The van der Waals surface area contributed by atoms with Crippen molar-refractivity contribution < 1.29 is 41.5 Å². The summed E-state index contributed by atoms with van der Waals surface area (Å²) in [6.45, 7) is -0.713. The quantitative estimate of drug-likeness (QED) is 0.290. The van der Waals surface area contributed by atoms with Crippen LogP contribution in [0.25, 0.3) is 0 Å². The highest BCUT2D eigenvalue weighted by Gasteiger charge is 2.11. The van der Waals surface area contributed by atoms with Crippen molar-refractivity contribution in [3.8, 4) is 0 Å². The van der Waals surface area contributed by atoms with Crippen molar-refractivity contribution in [2.24, 2.45) is 0 Å². The van der Waals surface area contributed by atoms with Crippen molar-refractivity contribution in [3.05, 3.63) is 0 Å². The van der Waals surface area contributed by atoms with E-state index >= 15 is 0 Å². The number of aliphatic hydroxyl groups is 1. The first kappa shape index (κ1) is 15.4. The number of rotatable bonds is 3. The molecule has 0 unspecified atom stereocenters. The molecule has 9 nitrogen and oxygen atoms in total. The Bertz CT molecular complexity index is 241. The fraction of sp³-hybridized carbons (Fsp3) is 1.00. The Balaban J connectivity index is 0. The SMILES string of the molecule is O=P(O)(O)OCCO.O=S(=O)(O)O. The maximum atomic E-state index is 9.75. The molecule has 0 radical (unpaired) electrons. The normalized spacial score (nSPS) is 11.8. The maximum Gasteiger partial charge on any atom is 0.469 e. The standard InChI is InChI=1S/C2H7O5P.H2O4S/c3-1-2-7-8(4,5)6;1-5(2,3)4/h3H,1-2H2,(H2,4,5,6);(H2,1,2,3,4). The fourth-order valence-electron chi connectivity index (χ4n) is 0.160. The van der Waals surface area contributed by atoms with Gasteiger partial charge < -0.3 is 14.9 Å². The lowest BCUT2D eigenvalue weighted by atomic mass is 10.8. The predicted octanol–water partition coefficient (Wildman–Crippen LogP) is -1.56. The molecule has 0 fully saturated rings. The second kappa shape index (κ2) is 6.40. The van der Waals surface area contributed by atoms with Crippen LogP contribution in [0.3, 0.4) is 0 Å². The van der Waals surface area contributed by atoms with Crippen LogP contribution >= 0.6 is 7.82 Å². The van der Waals surface area contributed by atoms with Gasteiger partial charge in [0.05, 0.1) is 13.2 Å². The minimum absolute atomic E-state index is 0.329. The zero-order valence-electron chi connectivity index (χ0n) is 6.14. The van der Waals surface area contributed by atoms with E-state index in [9.17, 15) is 4.57 Å². The summed E-state index contributed by atoms with van der Waals surface area (Å²) in [7, 11) is -9.01. The van der Waals surface area contributed by atoms with Crippen LogP contribution in [0.1, 0.15) is 0 Å². The molecule has 13 heavy (non-hydrogen) atoms. The smallest absolute Gasteiger partial charge is 0.394 e. The fourth-order valence-corrected chi connectivity index (χ4v) is 0.479. The molecule has 0 aromatic heterocycles. The van der Waals surface area contributed by atoms with Crippen LogP contribution in [0.4, 0.5) is 0 Å². The first-order chi connectivity index (χ1) is 5.56. The van der Waals surface area contributed by atoms with Gasteiger partial charge in [-0.05, 0) is 0 Å². The van der Waals surface area contributed by atoms with Crippen LogP contribution in [-0.2, 0) is 19.5 Å². The Morgan fingerprint density at radius 1 is 1.23 bits per heavy atom. The zero-order valence-corrected chi connectivity index (χ0v) is 7.85. The summed E-state index contributed by atoms with van der Waals surface area (Å²) < 4.78 is 45.1. The zero-order chi connectivity index (χ0) is 11.1. The Hall–Kier alpha value is -0.0600. The molecule has 0 atom stereocenters. The van der Waals surface area contributed by atoms with E-state index in [0.29, 0.717) is 0 Å². The minimum Gasteiger partial charge on any atom is -0.394 e. The van der Waals surface area contributed by atoms with Crippen LogP contribution < -0.4 is 0 Å². The van der Waals surface area contributed by atoms with E-state index in [4.69, 9.17) is 32.4 Å². The third kappa shape index (κ3) is 48.3. The Labute approximate surface area is 73.8 Å². The molecule has 0 rings (SSSR count). The topological polar surface area (TPSA) is 162 Å². The van der Waals surface area contributed by atoms with Gasteiger partial charge in [0, 0.05) is 0 Å². The van der Waals surface area contributed by atoms with Gasteiger partial charge in [0.15, 0.2) is 0 Å². The average molecular weight is 240 g/mol. The third-order valence-electron chi connectivity index (χ3n) is 0.351. The molecule has 0 saturated heterocycles. The van der Waals surface area contributed by atoms with Gasteiger partial charge in [-0.15, -0.1) is 0 Å². The number of phosphoric acid groups is 1. The van der Waals surface area contributed by atoms with E-state index in [2.05, 4.69) is 4.52 Å². The molecular formula is C2H9O9PS. The molecule has 0 aromatic rings. The molecule has 5 N–H and O–H groups in total. The molecule has 0 saturated carbocycles. The molecule has 0 aliphatic rings. The van der Waals surface area contributed by atoms with Crippen molar-refractivity contribution in [1.82, 2.24) is 0 Å². The van der Waals surface area contributed by atoms with Crippen LogP contribution in [0.5, 0.6) is 0 Å². The van der Waals surface area contributed by atoms with E-state index in [0.717, 1.165) is 0 Å². The monoisotopic (exact) mass is 240 g/mol. The molecule has 0 aliphatic heterocycles. The Morgan fingerprint density at radius 2 is 1.54 bits per heavy atom. The molecule has 0 amide bonds. The van der Waals surface area contributed by atoms with E-state index < -0.39 is 18.2 Å². The van der Waals surface area contributed by atoms with Gasteiger partial charge in [0.1, 0.15) is 0 Å². The Kier molecular flexibility index (Phi) is 7.59. The minimum atomic E-state index is -4.67. The van der Waals surface area contributed by atoms with Crippen LogP contribution in [-0.4, -0.2) is 45.6 Å². The highest BCUT2D eigenvalue weighted by molar-refractivity contribution is 7.79. The molecule has 0 aromatic carbocycles. The highest BCUT2D eigenvalue weighted by atomic mass is 32.3. The molecule has 82 valence electrons. The maximum absolute atomic E-state index is 9.75. The summed E-state index contributed by atoms with van der Waals surface area (Å²) in [5.74, 6) is 0. The van der Waals surface area contributed by atoms with Gasteiger partial charge >= 0.3 is 18.2 Å². The molecule has 11 heteroatoms. The summed E-state index contributed by atoms with van der Waals surface area (Å²) in [5.41, 5.74) is 0. The second-order valence-corrected chi connectivity index (χ2v) is 3.63. The number of hydrogen-bond acceptors (Lipinski definition) is 5. The van der Waals surface area contributed by atoms with Gasteiger partial charge in [0.2, 0.25) is 0 Å². The van der Waals surface area contributed by atoms with Crippen LogP contribution in [0, 0.1) is 0 Å². The molecule has 0 aliphatic carbocycles. The first-order valence-electron chi connectivity index (χ1n) is 2.57. The summed E-state index contributed by atoms with van der Waals surface area (Å²) in [6.07, 6.45) is 0. The molecule has 0 spiro atoms. The lowest BCUT2D eigenvalue weighted by molar-refractivity contribution is 0.151. The van der Waals surface area contributed by atoms with Gasteiger partial charge in [-0.25, -0.2) is 4.57 Å². The molecular weight excluding hydrogens is 231 g/mol. The first-order valence-corrected chi connectivity index (χ1v) is 5.50. The Morgan fingerprint density at radius 3 is 1.62 bits per heavy atom. The third-order valence-corrected chi connectivity index (χ3v) is 0.870. The highest BCUT2D eigenvalue weighted by Crippen LogP contribution is 2.34. The number of phosphoric ester groups is 1. The van der Waals surface area contributed by atoms with Crippen molar-refractivity contribution in [3.63, 3.8) is 0 Å². The summed E-state index contributed by atoms with van der Waals surface area (Å²) >= 11 is 0. The lowest BCUT2D eigenvalue weighted by Gasteiger charge is -2.00. The van der Waals surface area contributed by atoms with Crippen LogP contribution in [0.15, 0.2) is 0 Å².